The van der Waals surface area contributed by atoms with Crippen molar-refractivity contribution < 1.29 is 4.79 Å². The highest BCUT2D eigenvalue weighted by molar-refractivity contribution is 5.78. The third-order valence-corrected chi connectivity index (χ3v) is 6.85. The lowest BCUT2D eigenvalue weighted by Crippen LogP contribution is -2.52. The monoisotopic (exact) mass is 369 g/mol. The lowest BCUT2D eigenvalue weighted by atomic mass is 9.72. The molecule has 0 radical (unpaired) electrons. The highest BCUT2D eigenvalue weighted by Gasteiger charge is 2.39. The van der Waals surface area contributed by atoms with Crippen LogP contribution in [0.4, 0.5) is 0 Å². The van der Waals surface area contributed by atoms with Crippen LogP contribution >= 0.6 is 0 Å². The molecular weight excluding hydrogens is 338 g/mol. The van der Waals surface area contributed by atoms with Gasteiger partial charge in [0.25, 0.3) is 0 Å². The molecule has 2 aromatic rings. The summed E-state index contributed by atoms with van der Waals surface area (Å²) in [5.74, 6) is 1.62. The van der Waals surface area contributed by atoms with Gasteiger partial charge in [0, 0.05) is 32.1 Å². The first kappa shape index (κ1) is 18.3. The Labute approximate surface area is 161 Å². The van der Waals surface area contributed by atoms with Gasteiger partial charge >= 0.3 is 5.69 Å². The number of imidazole rings is 1. The number of nitrogens with zero attached hydrogens (tertiary/aromatic N) is 3. The summed E-state index contributed by atoms with van der Waals surface area (Å²) in [5, 5.41) is 0. The topological polar surface area (TPSA) is 47.2 Å². The molecule has 1 aromatic heterocycles. The van der Waals surface area contributed by atoms with Crippen LogP contribution < -0.4 is 5.69 Å². The zero-order valence-corrected chi connectivity index (χ0v) is 16.6. The molecule has 1 aromatic carbocycles. The number of hydrogen-bond donors (Lipinski definition) is 0. The van der Waals surface area contributed by atoms with Gasteiger partial charge in [0.05, 0.1) is 11.0 Å². The summed E-state index contributed by atoms with van der Waals surface area (Å²) in [5.41, 5.74) is 1.88. The molecule has 1 aliphatic heterocycles. The number of rotatable bonds is 4. The fourth-order valence-electron chi connectivity index (χ4n) is 5.37. The van der Waals surface area contributed by atoms with Crippen molar-refractivity contribution in [3.8, 4) is 0 Å². The van der Waals surface area contributed by atoms with Gasteiger partial charge in [-0.3, -0.25) is 13.9 Å². The lowest BCUT2D eigenvalue weighted by Gasteiger charge is -2.47. The second kappa shape index (κ2) is 7.53. The molecular formula is C22H31N3O2. The van der Waals surface area contributed by atoms with E-state index in [-0.39, 0.29) is 11.6 Å². The van der Waals surface area contributed by atoms with E-state index in [4.69, 9.17) is 0 Å². The third kappa shape index (κ3) is 3.21. The number of amides is 1. The maximum Gasteiger partial charge on any atom is 0.329 e. The van der Waals surface area contributed by atoms with E-state index in [9.17, 15) is 9.59 Å². The summed E-state index contributed by atoms with van der Waals surface area (Å²) in [6.45, 7) is 6.33. The molecule has 1 saturated carbocycles. The molecule has 4 rings (SSSR count). The summed E-state index contributed by atoms with van der Waals surface area (Å²) in [6.07, 6.45) is 6.48. The molecule has 0 spiro atoms. The van der Waals surface area contributed by atoms with E-state index in [0.717, 1.165) is 36.3 Å². The van der Waals surface area contributed by atoms with E-state index in [0.29, 0.717) is 31.5 Å². The Bertz CT molecular complexity index is 881. The molecule has 1 amide bonds. The van der Waals surface area contributed by atoms with Gasteiger partial charge in [-0.2, -0.15) is 0 Å². The van der Waals surface area contributed by atoms with E-state index >= 15 is 0 Å². The van der Waals surface area contributed by atoms with E-state index in [1.807, 2.05) is 31.2 Å². The van der Waals surface area contributed by atoms with Crippen LogP contribution in [0.5, 0.6) is 0 Å². The first-order valence-electron chi connectivity index (χ1n) is 10.6. The number of fused-ring (bicyclic) bond motifs is 2. The van der Waals surface area contributed by atoms with Crippen LogP contribution in [-0.4, -0.2) is 32.5 Å². The van der Waals surface area contributed by atoms with Crippen LogP contribution in [0.15, 0.2) is 29.1 Å². The van der Waals surface area contributed by atoms with E-state index in [1.54, 1.807) is 9.13 Å². The zero-order chi connectivity index (χ0) is 19.0. The minimum Gasteiger partial charge on any atom is -0.339 e. The average Bonchev–Trinajstić information content (AvgIpc) is 2.97. The standard InChI is InChI=1S/C22H31N3O2/c1-3-23-19-10-6-7-11-20(19)25(22(23)27)15-13-21(26)24-14-12-16(2)17-8-4-5-9-18(17)24/h6-7,10-11,16-18H,3-5,8-9,12-15H2,1-2H3. The smallest absolute Gasteiger partial charge is 0.329 e. The summed E-state index contributed by atoms with van der Waals surface area (Å²) in [7, 11) is 0. The molecule has 27 heavy (non-hydrogen) atoms. The highest BCUT2D eigenvalue weighted by Crippen LogP contribution is 2.39. The second-order valence-corrected chi connectivity index (χ2v) is 8.29. The van der Waals surface area contributed by atoms with Gasteiger partial charge in [0.2, 0.25) is 5.91 Å². The van der Waals surface area contributed by atoms with Gasteiger partial charge in [0.15, 0.2) is 0 Å². The number of carbonyl (C=O) groups excluding carboxylic acids is 1. The first-order valence-corrected chi connectivity index (χ1v) is 10.6. The van der Waals surface area contributed by atoms with Gasteiger partial charge in [0.1, 0.15) is 0 Å². The molecule has 2 aliphatic rings. The molecule has 146 valence electrons. The summed E-state index contributed by atoms with van der Waals surface area (Å²) in [4.78, 5) is 28.0. The van der Waals surface area contributed by atoms with Crippen LogP contribution in [0, 0.1) is 11.8 Å². The van der Waals surface area contributed by atoms with E-state index < -0.39 is 0 Å². The summed E-state index contributed by atoms with van der Waals surface area (Å²) >= 11 is 0. The molecule has 0 N–H and O–H groups in total. The minimum absolute atomic E-state index is 0.00527. The Kier molecular flexibility index (Phi) is 5.11. The lowest BCUT2D eigenvalue weighted by molar-refractivity contribution is -0.139. The Hall–Kier alpha value is -2.04. The quantitative estimate of drug-likeness (QED) is 0.826. The van der Waals surface area contributed by atoms with Gasteiger partial charge in [-0.1, -0.05) is 31.9 Å². The van der Waals surface area contributed by atoms with Crippen molar-refractivity contribution >= 4 is 16.9 Å². The van der Waals surface area contributed by atoms with Crippen LogP contribution in [0.1, 0.15) is 52.4 Å². The average molecular weight is 370 g/mol. The Morgan fingerprint density at radius 3 is 2.52 bits per heavy atom. The summed E-state index contributed by atoms with van der Waals surface area (Å²) in [6, 6.07) is 8.30. The van der Waals surface area contributed by atoms with Crippen molar-refractivity contribution in [2.75, 3.05) is 6.54 Å². The number of piperidine rings is 1. The van der Waals surface area contributed by atoms with Gasteiger partial charge in [-0.25, -0.2) is 4.79 Å². The largest absolute Gasteiger partial charge is 0.339 e. The van der Waals surface area contributed by atoms with Crippen molar-refractivity contribution in [3.63, 3.8) is 0 Å². The van der Waals surface area contributed by atoms with Crippen molar-refractivity contribution in [1.82, 2.24) is 14.0 Å². The van der Waals surface area contributed by atoms with Crippen molar-refractivity contribution in [3.05, 3.63) is 34.7 Å². The predicted octanol–water partition coefficient (Wildman–Crippen LogP) is 3.64. The number of likely N-dealkylation sites (tertiary alicyclic amines) is 1. The first-order chi connectivity index (χ1) is 13.1. The molecule has 1 saturated heterocycles. The van der Waals surface area contributed by atoms with Crippen LogP contribution in [-0.2, 0) is 17.9 Å². The molecule has 2 heterocycles. The number of carbonyl (C=O) groups is 1. The molecule has 0 bridgehead atoms. The van der Waals surface area contributed by atoms with Crippen molar-refractivity contribution in [2.45, 2.75) is 71.5 Å². The van der Waals surface area contributed by atoms with Crippen molar-refractivity contribution in [1.29, 1.82) is 0 Å². The normalized spacial score (nSPS) is 25.6. The zero-order valence-electron chi connectivity index (χ0n) is 16.6. The van der Waals surface area contributed by atoms with Gasteiger partial charge in [-0.05, 0) is 50.2 Å². The van der Waals surface area contributed by atoms with Gasteiger partial charge < -0.3 is 4.90 Å². The molecule has 3 atom stereocenters. The number of benzene rings is 1. The number of hydrogen-bond acceptors (Lipinski definition) is 2. The second-order valence-electron chi connectivity index (χ2n) is 8.29. The number of aryl methyl sites for hydroxylation is 2. The van der Waals surface area contributed by atoms with Crippen LogP contribution in [0.3, 0.4) is 0 Å². The minimum atomic E-state index is -0.00527. The Morgan fingerprint density at radius 2 is 1.78 bits per heavy atom. The molecule has 1 aliphatic carbocycles. The third-order valence-electron chi connectivity index (χ3n) is 6.85. The fourth-order valence-corrected chi connectivity index (χ4v) is 5.37. The Balaban J connectivity index is 1.52. The number of aromatic nitrogens is 2. The Morgan fingerprint density at radius 1 is 1.07 bits per heavy atom. The SMILES string of the molecule is CCn1c(=O)n(CCC(=O)N2CCC(C)C3CCCCC32)c2ccccc21. The van der Waals surface area contributed by atoms with Crippen LogP contribution in [0.25, 0.3) is 11.0 Å². The maximum atomic E-state index is 13.1. The predicted molar refractivity (Wildman–Crippen MR) is 108 cm³/mol. The highest BCUT2D eigenvalue weighted by atomic mass is 16.2. The molecule has 2 fully saturated rings. The molecule has 3 unspecified atom stereocenters. The molecule has 5 nitrogen and oxygen atoms in total. The van der Waals surface area contributed by atoms with Crippen molar-refractivity contribution in [2.24, 2.45) is 11.8 Å². The molecule has 5 heteroatoms. The van der Waals surface area contributed by atoms with Gasteiger partial charge in [-0.15, -0.1) is 0 Å². The van der Waals surface area contributed by atoms with E-state index in [1.165, 1.54) is 19.3 Å². The van der Waals surface area contributed by atoms with E-state index in [2.05, 4.69) is 11.8 Å². The maximum absolute atomic E-state index is 13.1. The number of para-hydroxylation sites is 2. The van der Waals surface area contributed by atoms with Crippen LogP contribution in [0.2, 0.25) is 0 Å². The fraction of sp³-hybridized carbons (Fsp3) is 0.636. The summed E-state index contributed by atoms with van der Waals surface area (Å²) < 4.78 is 3.57.